The van der Waals surface area contributed by atoms with E-state index in [1.54, 1.807) is 0 Å². The van der Waals surface area contributed by atoms with Gasteiger partial charge in [0.2, 0.25) is 0 Å². The third kappa shape index (κ3) is 2.39. The van der Waals surface area contributed by atoms with Crippen LogP contribution in [0.5, 0.6) is 0 Å². The number of carbonyl (C=O) groups is 1. The summed E-state index contributed by atoms with van der Waals surface area (Å²) < 4.78 is 1.18. The van der Waals surface area contributed by atoms with Gasteiger partial charge in [-0.15, -0.1) is 0 Å². The Morgan fingerprint density at radius 3 is 2.94 bits per heavy atom. The number of fused-ring (bicyclic) bond motifs is 1. The first-order valence-corrected chi connectivity index (χ1v) is 7.30. The largest absolute Gasteiger partial charge is 0.351 e. The van der Waals surface area contributed by atoms with Crippen molar-refractivity contribution in [3.8, 4) is 0 Å². The molecule has 4 heteroatoms. The number of aromatic nitrogens is 1. The third-order valence-corrected chi connectivity index (χ3v) is 4.19. The maximum atomic E-state index is 12.1. The van der Waals surface area contributed by atoms with Gasteiger partial charge in [-0.05, 0) is 72.5 Å². The van der Waals surface area contributed by atoms with Crippen LogP contribution in [0.2, 0.25) is 0 Å². The minimum atomic E-state index is 0.000563. The molecule has 1 saturated carbocycles. The monoisotopic (exact) mass is 354 g/mol. The normalized spacial score (nSPS) is 16.8. The molecule has 1 aliphatic rings. The van der Waals surface area contributed by atoms with Gasteiger partial charge in [0.25, 0.3) is 5.91 Å². The molecule has 0 radical (unpaired) electrons. The molecule has 0 bridgehead atoms. The van der Waals surface area contributed by atoms with Crippen molar-refractivity contribution in [1.29, 1.82) is 0 Å². The summed E-state index contributed by atoms with van der Waals surface area (Å²) in [7, 11) is 0. The van der Waals surface area contributed by atoms with E-state index in [4.69, 9.17) is 0 Å². The summed E-state index contributed by atoms with van der Waals surface area (Å²) in [5.74, 6) is 0.680. The molecule has 0 unspecified atom stereocenters. The lowest BCUT2D eigenvalue weighted by atomic mass is 10.2. The van der Waals surface area contributed by atoms with Crippen LogP contribution in [0.25, 0.3) is 10.9 Å². The van der Waals surface area contributed by atoms with E-state index in [1.165, 1.54) is 16.4 Å². The number of H-pyrrole nitrogens is 1. The van der Waals surface area contributed by atoms with Gasteiger partial charge in [-0.2, -0.15) is 0 Å². The molecule has 2 aromatic rings. The molecule has 0 saturated heterocycles. The van der Waals surface area contributed by atoms with Crippen molar-refractivity contribution in [3.63, 3.8) is 0 Å². The summed E-state index contributed by atoms with van der Waals surface area (Å²) in [6.45, 7) is 2.08. The first-order chi connectivity index (χ1) is 8.63. The molecular weight excluding hydrogens is 339 g/mol. The summed E-state index contributed by atoms with van der Waals surface area (Å²) in [4.78, 5) is 15.3. The van der Waals surface area contributed by atoms with Crippen molar-refractivity contribution in [2.24, 2.45) is 5.92 Å². The number of carbonyl (C=O) groups excluding carboxylic acids is 1. The van der Waals surface area contributed by atoms with Gasteiger partial charge in [0, 0.05) is 20.5 Å². The van der Waals surface area contributed by atoms with E-state index >= 15 is 0 Å². The van der Waals surface area contributed by atoms with E-state index < -0.39 is 0 Å². The topological polar surface area (TPSA) is 44.9 Å². The Kier molecular flexibility index (Phi) is 3.05. The number of nitrogens with one attached hydrogen (secondary N) is 2. The van der Waals surface area contributed by atoms with E-state index in [0.717, 1.165) is 10.9 Å². The van der Waals surface area contributed by atoms with Crippen LogP contribution in [-0.2, 0) is 0 Å². The SMILES string of the molecule is C[C@H](NC(=O)c1cc2cc(I)ccc2[nH]1)C1CC1. The minimum Gasteiger partial charge on any atom is -0.351 e. The van der Waals surface area contributed by atoms with Crippen LogP contribution >= 0.6 is 22.6 Å². The van der Waals surface area contributed by atoms with Gasteiger partial charge in [-0.3, -0.25) is 4.79 Å². The van der Waals surface area contributed by atoms with Gasteiger partial charge in [0.1, 0.15) is 5.69 Å². The van der Waals surface area contributed by atoms with Crippen molar-refractivity contribution in [3.05, 3.63) is 33.5 Å². The fraction of sp³-hybridized carbons (Fsp3) is 0.357. The van der Waals surface area contributed by atoms with E-state index in [9.17, 15) is 4.79 Å². The molecule has 3 rings (SSSR count). The highest BCUT2D eigenvalue weighted by Gasteiger charge is 2.29. The molecule has 1 heterocycles. The van der Waals surface area contributed by atoms with Crippen LogP contribution in [0.4, 0.5) is 0 Å². The molecule has 1 fully saturated rings. The zero-order valence-corrected chi connectivity index (χ0v) is 12.3. The first kappa shape index (κ1) is 12.0. The van der Waals surface area contributed by atoms with Crippen molar-refractivity contribution < 1.29 is 4.79 Å². The van der Waals surface area contributed by atoms with Gasteiger partial charge in [-0.1, -0.05) is 0 Å². The Morgan fingerprint density at radius 2 is 2.22 bits per heavy atom. The highest BCUT2D eigenvalue weighted by molar-refractivity contribution is 14.1. The number of rotatable bonds is 3. The molecule has 1 aromatic heterocycles. The van der Waals surface area contributed by atoms with E-state index in [1.807, 2.05) is 18.2 Å². The van der Waals surface area contributed by atoms with Crippen molar-refractivity contribution in [1.82, 2.24) is 10.3 Å². The summed E-state index contributed by atoms with van der Waals surface area (Å²) in [6, 6.07) is 8.33. The highest BCUT2D eigenvalue weighted by Crippen LogP contribution is 2.32. The van der Waals surface area contributed by atoms with Crippen molar-refractivity contribution in [2.75, 3.05) is 0 Å². The number of hydrogen-bond donors (Lipinski definition) is 2. The smallest absolute Gasteiger partial charge is 0.267 e. The molecule has 18 heavy (non-hydrogen) atoms. The summed E-state index contributed by atoms with van der Waals surface area (Å²) in [6.07, 6.45) is 2.48. The number of halogens is 1. The third-order valence-electron chi connectivity index (χ3n) is 3.52. The van der Waals surface area contributed by atoms with Gasteiger partial charge in [0.15, 0.2) is 0 Å². The first-order valence-electron chi connectivity index (χ1n) is 6.22. The fourth-order valence-electron chi connectivity index (χ4n) is 2.22. The van der Waals surface area contributed by atoms with Crippen LogP contribution < -0.4 is 5.32 Å². The summed E-state index contributed by atoms with van der Waals surface area (Å²) in [5.41, 5.74) is 1.67. The van der Waals surface area contributed by atoms with E-state index in [0.29, 0.717) is 11.6 Å². The molecule has 0 spiro atoms. The molecule has 1 atom stereocenters. The van der Waals surface area contributed by atoms with Crippen molar-refractivity contribution in [2.45, 2.75) is 25.8 Å². The Bertz CT molecular complexity index is 601. The second-order valence-electron chi connectivity index (χ2n) is 5.01. The zero-order chi connectivity index (χ0) is 12.7. The molecule has 2 N–H and O–H groups in total. The molecule has 3 nitrogen and oxygen atoms in total. The molecule has 94 valence electrons. The van der Waals surface area contributed by atoms with E-state index in [-0.39, 0.29) is 11.9 Å². The van der Waals surface area contributed by atoms with Gasteiger partial charge in [0.05, 0.1) is 0 Å². The molecule has 1 aliphatic carbocycles. The van der Waals surface area contributed by atoms with E-state index in [2.05, 4.69) is 45.9 Å². The highest BCUT2D eigenvalue weighted by atomic mass is 127. The summed E-state index contributed by atoms with van der Waals surface area (Å²) >= 11 is 2.28. The Labute approximate surface area is 119 Å². The number of benzene rings is 1. The van der Waals surface area contributed by atoms with Crippen LogP contribution in [0.1, 0.15) is 30.3 Å². The lowest BCUT2D eigenvalue weighted by molar-refractivity contribution is 0.0931. The molecule has 1 aromatic carbocycles. The maximum Gasteiger partial charge on any atom is 0.267 e. The number of hydrogen-bond acceptors (Lipinski definition) is 1. The zero-order valence-electron chi connectivity index (χ0n) is 10.2. The van der Waals surface area contributed by atoms with Gasteiger partial charge < -0.3 is 10.3 Å². The van der Waals surface area contributed by atoms with Crippen LogP contribution in [0.15, 0.2) is 24.3 Å². The predicted molar refractivity (Wildman–Crippen MR) is 80.7 cm³/mol. The average molecular weight is 354 g/mol. The van der Waals surface area contributed by atoms with Crippen molar-refractivity contribution >= 4 is 39.4 Å². The maximum absolute atomic E-state index is 12.1. The van der Waals surface area contributed by atoms with Gasteiger partial charge in [-0.25, -0.2) is 0 Å². The second-order valence-corrected chi connectivity index (χ2v) is 6.26. The predicted octanol–water partition coefficient (Wildman–Crippen LogP) is 3.30. The van der Waals surface area contributed by atoms with Crippen LogP contribution in [-0.4, -0.2) is 16.9 Å². The Balaban J connectivity index is 1.82. The van der Waals surface area contributed by atoms with Crippen LogP contribution in [0.3, 0.4) is 0 Å². The lowest BCUT2D eigenvalue weighted by Gasteiger charge is -2.11. The minimum absolute atomic E-state index is 0.000563. The number of aromatic amines is 1. The quantitative estimate of drug-likeness (QED) is 0.817. The standard InChI is InChI=1S/C14H15IN2O/c1-8(9-2-3-9)16-14(18)13-7-10-6-11(15)4-5-12(10)17-13/h4-9,17H,2-3H2,1H3,(H,16,18)/t8-/m0/s1. The Hall–Kier alpha value is -1.04. The van der Waals surface area contributed by atoms with Gasteiger partial charge >= 0.3 is 0 Å². The second kappa shape index (κ2) is 4.57. The lowest BCUT2D eigenvalue weighted by Crippen LogP contribution is -2.34. The average Bonchev–Trinajstić information content (AvgIpc) is 3.09. The molecule has 0 aliphatic heterocycles. The summed E-state index contributed by atoms with van der Waals surface area (Å²) in [5, 5.41) is 4.15. The van der Waals surface area contributed by atoms with Crippen LogP contribution in [0, 0.1) is 9.49 Å². The fourth-order valence-corrected chi connectivity index (χ4v) is 2.74. The molecule has 1 amide bonds. The molecular formula is C14H15IN2O. The Morgan fingerprint density at radius 1 is 1.44 bits per heavy atom. The number of amides is 1.